The Labute approximate surface area is 402 Å². The normalized spacial score (nSPS) is 16.1. The van der Waals surface area contributed by atoms with Crippen LogP contribution in [0.5, 0.6) is 23.0 Å². The Kier molecular flexibility index (Phi) is 14.9. The van der Waals surface area contributed by atoms with E-state index in [0.29, 0.717) is 51.7 Å². The fraction of sp³-hybridized carbons (Fsp3) is 0.333. The molecule has 344 valence electrons. The number of benzene rings is 4. The molecule has 0 amide bonds. The molecule has 0 fully saturated rings. The first-order chi connectivity index (χ1) is 32.7. The van der Waals surface area contributed by atoms with Gasteiger partial charge in [0.15, 0.2) is 0 Å². The predicted octanol–water partition coefficient (Wildman–Crippen LogP) is 13.6. The molecule has 0 atom stereocenters. The fourth-order valence-electron chi connectivity index (χ4n) is 9.93. The summed E-state index contributed by atoms with van der Waals surface area (Å²) in [6.45, 7) is 13.7. The number of hydrogen-bond donors (Lipinski definition) is 2. The van der Waals surface area contributed by atoms with Gasteiger partial charge in [0.25, 0.3) is 0 Å². The van der Waals surface area contributed by atoms with Gasteiger partial charge >= 0.3 is 0 Å². The van der Waals surface area contributed by atoms with Crippen LogP contribution in [0.25, 0.3) is 12.2 Å². The van der Waals surface area contributed by atoms with Crippen molar-refractivity contribution < 1.29 is 19.7 Å². The molecule has 0 unspecified atom stereocenters. The Morgan fingerprint density at radius 2 is 0.838 bits per heavy atom. The number of rotatable bonds is 10. The number of phenols is 2. The van der Waals surface area contributed by atoms with Crippen LogP contribution in [0.2, 0.25) is 0 Å². The summed E-state index contributed by atoms with van der Waals surface area (Å²) in [4.78, 5) is 0. The van der Waals surface area contributed by atoms with Crippen LogP contribution in [0.4, 0.5) is 0 Å². The van der Waals surface area contributed by atoms with E-state index in [1.807, 2.05) is 72.8 Å². The van der Waals surface area contributed by atoms with Crippen molar-refractivity contribution in [2.45, 2.75) is 106 Å². The molecule has 3 aliphatic carbocycles. The summed E-state index contributed by atoms with van der Waals surface area (Å²) in [6, 6.07) is 28.6. The number of nitrogens with zero attached hydrogens (tertiary/aromatic N) is 4. The van der Waals surface area contributed by atoms with E-state index in [-0.39, 0.29) is 33.5 Å². The van der Waals surface area contributed by atoms with Crippen LogP contribution in [0.1, 0.15) is 136 Å². The van der Waals surface area contributed by atoms with Gasteiger partial charge in [-0.15, -0.1) is 0 Å². The molecule has 0 heterocycles. The maximum Gasteiger partial charge on any atom is 0.132 e. The van der Waals surface area contributed by atoms with Gasteiger partial charge in [-0.1, -0.05) is 114 Å². The second kappa shape index (κ2) is 21.0. The molecule has 8 nitrogen and oxygen atoms in total. The minimum Gasteiger partial charge on any atom is -0.507 e. The van der Waals surface area contributed by atoms with Crippen molar-refractivity contribution in [3.05, 3.63) is 174 Å². The van der Waals surface area contributed by atoms with Gasteiger partial charge in [-0.05, 0) is 152 Å². The Balaban J connectivity index is 1.39. The maximum atomic E-state index is 12.3. The number of para-hydroxylation sites is 2. The third-order valence-electron chi connectivity index (χ3n) is 12.9. The van der Waals surface area contributed by atoms with E-state index >= 15 is 0 Å². The van der Waals surface area contributed by atoms with E-state index in [1.54, 1.807) is 0 Å². The minimum atomic E-state index is -0.138. The lowest BCUT2D eigenvalue weighted by atomic mass is 9.74. The largest absolute Gasteiger partial charge is 0.507 e. The second-order valence-electron chi connectivity index (χ2n) is 20.0. The highest BCUT2D eigenvalue weighted by molar-refractivity contribution is 5.65. The van der Waals surface area contributed by atoms with Gasteiger partial charge in [0.2, 0.25) is 0 Å². The zero-order chi connectivity index (χ0) is 48.6. The highest BCUT2D eigenvalue weighted by Gasteiger charge is 2.28. The van der Waals surface area contributed by atoms with Gasteiger partial charge in [-0.2, -0.15) is 21.0 Å². The number of allylic oxidation sites excluding steroid dienone is 10. The van der Waals surface area contributed by atoms with Crippen molar-refractivity contribution in [2.24, 2.45) is 10.8 Å². The molecular formula is C60H60N4O4. The molecule has 3 aliphatic rings. The summed E-state index contributed by atoms with van der Waals surface area (Å²) < 4.78 is 13.2. The summed E-state index contributed by atoms with van der Waals surface area (Å²) in [6.07, 6.45) is 18.1. The van der Waals surface area contributed by atoms with Crippen LogP contribution in [0, 0.1) is 56.2 Å². The van der Waals surface area contributed by atoms with Gasteiger partial charge in [-0.25, -0.2) is 0 Å². The lowest BCUT2D eigenvalue weighted by Crippen LogP contribution is -2.17. The SMILES string of the molecule is CCCOc1c2cccc1Cc1cc(/C=C/C3=CC(=C(C#N)C#N)CC(C)(C)C3)cc(c1O)Cc1cccc(c1OCCC)Cc1cc(/C=C/C3=CC(=C(C#N)C#N)CC(C)(C)C3)cc(c1O)C2. The first kappa shape index (κ1) is 48.4. The van der Waals surface area contributed by atoms with E-state index in [0.717, 1.165) is 115 Å². The van der Waals surface area contributed by atoms with Crippen molar-refractivity contribution in [1.82, 2.24) is 0 Å². The number of ether oxygens (including phenoxy) is 2. The van der Waals surface area contributed by atoms with E-state index in [9.17, 15) is 31.3 Å². The van der Waals surface area contributed by atoms with Crippen molar-refractivity contribution >= 4 is 12.2 Å². The third kappa shape index (κ3) is 11.3. The number of hydrogen-bond acceptors (Lipinski definition) is 8. The molecule has 4 aromatic carbocycles. The smallest absolute Gasteiger partial charge is 0.132 e. The van der Waals surface area contributed by atoms with E-state index in [1.165, 1.54) is 0 Å². The molecule has 68 heavy (non-hydrogen) atoms. The molecule has 0 aromatic heterocycles. The topological polar surface area (TPSA) is 154 Å². The van der Waals surface area contributed by atoms with Crippen LogP contribution >= 0.6 is 0 Å². The number of fused-ring (bicyclic) bond motifs is 8. The molecule has 0 aliphatic heterocycles. The van der Waals surface area contributed by atoms with Crippen molar-refractivity contribution in [1.29, 1.82) is 21.0 Å². The lowest BCUT2D eigenvalue weighted by molar-refractivity contribution is 0.311. The Morgan fingerprint density at radius 3 is 1.13 bits per heavy atom. The summed E-state index contributed by atoms with van der Waals surface area (Å²) >= 11 is 0. The standard InChI is InChI=1S/C60H60N4O4/c1-7-19-67-57-43-11-9-12-44(57)28-48-22-40(16-18-42-26-52(54(37-63)38-64)34-60(5,6)32-42)24-50(56(48)66)30-46-14-10-13-45(58(46)68-20-8-2)29-49-23-39(21-47(27-43)55(49)65)15-17-41-25-51(53(35-61)36-62)33-59(3,4)31-41/h9-18,21-26,65-66H,7-8,19-20,27-34H2,1-6H3/b17-15+,18-16+. The van der Waals surface area contributed by atoms with Crippen LogP contribution in [-0.2, 0) is 25.7 Å². The number of phenolic OH excluding ortho intramolecular Hbond substituents is 2. The summed E-state index contributed by atoms with van der Waals surface area (Å²) in [5.41, 5.74) is 11.9. The van der Waals surface area contributed by atoms with Gasteiger partial charge in [0.05, 0.1) is 13.2 Å². The molecule has 8 heteroatoms. The summed E-state index contributed by atoms with van der Waals surface area (Å²) in [5.74, 6) is 1.87. The first-order valence-electron chi connectivity index (χ1n) is 23.7. The number of nitriles is 4. The zero-order valence-corrected chi connectivity index (χ0v) is 40.2. The fourth-order valence-corrected chi connectivity index (χ4v) is 9.93. The Hall–Kier alpha value is -7.52. The number of aromatic hydroxyl groups is 2. The summed E-state index contributed by atoms with van der Waals surface area (Å²) in [5, 5.41) is 63.3. The lowest BCUT2D eigenvalue weighted by Gasteiger charge is -2.30. The van der Waals surface area contributed by atoms with E-state index in [2.05, 4.69) is 90.1 Å². The van der Waals surface area contributed by atoms with Crippen molar-refractivity contribution in [3.8, 4) is 47.3 Å². The van der Waals surface area contributed by atoms with Crippen molar-refractivity contribution in [2.75, 3.05) is 13.2 Å². The molecule has 0 spiro atoms. The summed E-state index contributed by atoms with van der Waals surface area (Å²) in [7, 11) is 0. The highest BCUT2D eigenvalue weighted by Crippen LogP contribution is 2.43. The van der Waals surface area contributed by atoms with Crippen LogP contribution in [0.3, 0.4) is 0 Å². The molecular weight excluding hydrogens is 841 g/mol. The predicted molar refractivity (Wildman–Crippen MR) is 269 cm³/mol. The van der Waals surface area contributed by atoms with Crippen LogP contribution in [0.15, 0.2) is 118 Å². The highest BCUT2D eigenvalue weighted by atomic mass is 16.5. The van der Waals surface area contributed by atoms with Crippen molar-refractivity contribution in [3.63, 3.8) is 0 Å². The molecule has 7 rings (SSSR count). The van der Waals surface area contributed by atoms with Crippen LogP contribution < -0.4 is 9.47 Å². The third-order valence-corrected chi connectivity index (χ3v) is 12.9. The molecule has 4 aromatic rings. The molecule has 0 saturated heterocycles. The average Bonchev–Trinajstić information content (AvgIpc) is 3.29. The second-order valence-corrected chi connectivity index (χ2v) is 20.0. The van der Waals surface area contributed by atoms with Crippen LogP contribution in [-0.4, -0.2) is 23.4 Å². The minimum absolute atomic E-state index is 0.138. The van der Waals surface area contributed by atoms with E-state index in [4.69, 9.17) is 9.47 Å². The molecule has 2 N–H and O–H groups in total. The zero-order valence-electron chi connectivity index (χ0n) is 40.2. The molecule has 0 radical (unpaired) electrons. The Morgan fingerprint density at radius 1 is 0.515 bits per heavy atom. The molecule has 8 bridgehead atoms. The van der Waals surface area contributed by atoms with E-state index < -0.39 is 0 Å². The average molecular weight is 901 g/mol. The monoisotopic (exact) mass is 900 g/mol. The van der Waals surface area contributed by atoms with Gasteiger partial charge in [-0.3, -0.25) is 0 Å². The molecule has 0 saturated carbocycles. The maximum absolute atomic E-state index is 12.3. The first-order valence-corrected chi connectivity index (χ1v) is 23.7. The van der Waals surface area contributed by atoms with Gasteiger partial charge in [0.1, 0.15) is 58.4 Å². The quantitative estimate of drug-likeness (QED) is 0.131. The van der Waals surface area contributed by atoms with Gasteiger partial charge < -0.3 is 19.7 Å². The van der Waals surface area contributed by atoms with Gasteiger partial charge in [0, 0.05) is 25.7 Å². The Bertz CT molecular complexity index is 2670.